The first kappa shape index (κ1) is 14.3. The van der Waals surface area contributed by atoms with E-state index in [1.807, 2.05) is 13.8 Å². The van der Waals surface area contributed by atoms with Crippen molar-refractivity contribution in [1.29, 1.82) is 0 Å². The van der Waals surface area contributed by atoms with E-state index in [1.54, 1.807) is 6.07 Å². The molecule has 1 saturated carbocycles. The number of nitrogens with one attached hydrogen (secondary N) is 1. The Labute approximate surface area is 113 Å². The Hall–Kier alpha value is -1.11. The minimum atomic E-state index is -3.54. The normalized spacial score (nSPS) is 21.2. The zero-order valence-corrected chi connectivity index (χ0v) is 12.1. The summed E-state index contributed by atoms with van der Waals surface area (Å²) in [4.78, 5) is 0.153. The van der Waals surface area contributed by atoms with Crippen LogP contribution in [-0.4, -0.2) is 26.7 Å². The van der Waals surface area contributed by atoms with Gasteiger partial charge in [0.25, 0.3) is 0 Å². The number of sulfonamides is 1. The van der Waals surface area contributed by atoms with Crippen molar-refractivity contribution in [2.24, 2.45) is 5.41 Å². The molecule has 0 spiro atoms. The van der Waals surface area contributed by atoms with Crippen LogP contribution in [0.3, 0.4) is 0 Å². The van der Waals surface area contributed by atoms with Crippen LogP contribution in [-0.2, 0) is 16.6 Å². The summed E-state index contributed by atoms with van der Waals surface area (Å²) in [5, 5.41) is 9.22. The highest BCUT2D eigenvalue weighted by molar-refractivity contribution is 7.89. The molecule has 1 aromatic carbocycles. The molecule has 0 amide bonds. The third kappa shape index (κ3) is 2.91. The number of hydrogen-bond acceptors (Lipinski definition) is 4. The first-order valence-electron chi connectivity index (χ1n) is 6.10. The molecule has 5 nitrogen and oxygen atoms in total. The van der Waals surface area contributed by atoms with E-state index in [2.05, 4.69) is 4.72 Å². The number of aliphatic hydroxyl groups excluding tert-OH is 1. The van der Waals surface area contributed by atoms with Crippen LogP contribution >= 0.6 is 0 Å². The number of ether oxygens (including phenoxy) is 1. The molecule has 1 atom stereocenters. The van der Waals surface area contributed by atoms with Gasteiger partial charge in [-0.3, -0.25) is 0 Å². The maximum atomic E-state index is 12.2. The maximum Gasteiger partial charge on any atom is 0.240 e. The van der Waals surface area contributed by atoms with Crippen LogP contribution in [0.4, 0.5) is 0 Å². The summed E-state index contributed by atoms with van der Waals surface area (Å²) in [6.45, 7) is 3.78. The SMILES string of the molecule is COc1ccc(S(=O)(=O)NC2CC2(C)C)cc1CO. The van der Waals surface area contributed by atoms with Gasteiger partial charge >= 0.3 is 0 Å². The number of methoxy groups -OCH3 is 1. The molecule has 0 radical (unpaired) electrons. The Balaban J connectivity index is 2.26. The first-order chi connectivity index (χ1) is 8.80. The van der Waals surface area contributed by atoms with Gasteiger partial charge in [0.15, 0.2) is 0 Å². The third-order valence-corrected chi connectivity index (χ3v) is 5.01. The van der Waals surface area contributed by atoms with Crippen molar-refractivity contribution in [1.82, 2.24) is 4.72 Å². The molecule has 0 aromatic heterocycles. The molecule has 2 rings (SSSR count). The largest absolute Gasteiger partial charge is 0.496 e. The van der Waals surface area contributed by atoms with Crippen molar-refractivity contribution in [3.05, 3.63) is 23.8 Å². The van der Waals surface area contributed by atoms with Gasteiger partial charge in [0.2, 0.25) is 10.0 Å². The fourth-order valence-corrected chi connectivity index (χ4v) is 3.43. The summed E-state index contributed by atoms with van der Waals surface area (Å²) in [7, 11) is -2.06. The topological polar surface area (TPSA) is 75.6 Å². The third-order valence-electron chi connectivity index (χ3n) is 3.54. The highest BCUT2D eigenvalue weighted by Gasteiger charge is 2.47. The molecule has 19 heavy (non-hydrogen) atoms. The molecular formula is C13H19NO4S. The lowest BCUT2D eigenvalue weighted by Crippen LogP contribution is -2.28. The Morgan fingerprint density at radius 1 is 1.47 bits per heavy atom. The van der Waals surface area contributed by atoms with Crippen LogP contribution in [0.2, 0.25) is 0 Å². The van der Waals surface area contributed by atoms with Gasteiger partial charge in [-0.2, -0.15) is 0 Å². The summed E-state index contributed by atoms with van der Waals surface area (Å²) in [5.41, 5.74) is 0.486. The van der Waals surface area contributed by atoms with Crippen molar-refractivity contribution >= 4 is 10.0 Å². The first-order valence-corrected chi connectivity index (χ1v) is 7.58. The molecular weight excluding hydrogens is 266 g/mol. The minimum absolute atomic E-state index is 0.0165. The van der Waals surface area contributed by atoms with Crippen molar-refractivity contribution in [2.75, 3.05) is 7.11 Å². The van der Waals surface area contributed by atoms with Gasteiger partial charge in [-0.25, -0.2) is 13.1 Å². The number of aliphatic hydroxyl groups is 1. The molecule has 1 fully saturated rings. The summed E-state index contributed by atoms with van der Waals surface area (Å²) in [6, 6.07) is 4.46. The van der Waals surface area contributed by atoms with Crippen molar-refractivity contribution in [3.63, 3.8) is 0 Å². The Morgan fingerprint density at radius 2 is 2.11 bits per heavy atom. The second kappa shape index (κ2) is 4.77. The van der Waals surface area contributed by atoms with Gasteiger partial charge in [0.1, 0.15) is 5.75 Å². The molecule has 1 unspecified atom stereocenters. The second-order valence-electron chi connectivity index (χ2n) is 5.50. The molecule has 0 bridgehead atoms. The number of rotatable bonds is 5. The fraction of sp³-hybridized carbons (Fsp3) is 0.538. The van der Waals surface area contributed by atoms with E-state index in [9.17, 15) is 13.5 Å². The zero-order chi connectivity index (χ0) is 14.3. The van der Waals surface area contributed by atoms with E-state index in [0.29, 0.717) is 11.3 Å². The number of hydrogen-bond donors (Lipinski definition) is 2. The maximum absolute atomic E-state index is 12.2. The van der Waals surface area contributed by atoms with Crippen LogP contribution in [0.15, 0.2) is 23.1 Å². The monoisotopic (exact) mass is 285 g/mol. The molecule has 106 valence electrons. The Morgan fingerprint density at radius 3 is 2.58 bits per heavy atom. The molecule has 6 heteroatoms. The van der Waals surface area contributed by atoms with E-state index in [0.717, 1.165) is 6.42 Å². The fourth-order valence-electron chi connectivity index (χ4n) is 1.97. The lowest BCUT2D eigenvalue weighted by atomic mass is 10.2. The zero-order valence-electron chi connectivity index (χ0n) is 11.3. The predicted molar refractivity (Wildman–Crippen MR) is 71.4 cm³/mol. The molecule has 1 aliphatic carbocycles. The van der Waals surface area contributed by atoms with Gasteiger partial charge in [-0.1, -0.05) is 13.8 Å². The highest BCUT2D eigenvalue weighted by Crippen LogP contribution is 2.45. The van der Waals surface area contributed by atoms with Crippen molar-refractivity contribution in [3.8, 4) is 5.75 Å². The second-order valence-corrected chi connectivity index (χ2v) is 7.21. The number of benzene rings is 1. The molecule has 0 heterocycles. The average molecular weight is 285 g/mol. The molecule has 1 aliphatic rings. The molecule has 2 N–H and O–H groups in total. The standard InChI is InChI=1S/C13H19NO4S/c1-13(2)7-12(13)14-19(16,17)10-4-5-11(18-3)9(6-10)8-15/h4-6,12,14-15H,7-8H2,1-3H3. The van der Waals surface area contributed by atoms with Gasteiger partial charge in [-0.15, -0.1) is 0 Å². The summed E-state index contributed by atoms with van der Waals surface area (Å²) >= 11 is 0. The van der Waals surface area contributed by atoms with Crippen LogP contribution in [0.5, 0.6) is 5.75 Å². The average Bonchev–Trinajstić information content (AvgIpc) is 2.94. The van der Waals surface area contributed by atoms with Gasteiger partial charge in [0.05, 0.1) is 18.6 Å². The van der Waals surface area contributed by atoms with Gasteiger partial charge in [0, 0.05) is 11.6 Å². The predicted octanol–water partition coefficient (Wildman–Crippen LogP) is 1.26. The van der Waals surface area contributed by atoms with Gasteiger partial charge in [-0.05, 0) is 30.0 Å². The van der Waals surface area contributed by atoms with Crippen molar-refractivity contribution in [2.45, 2.75) is 37.8 Å². The van der Waals surface area contributed by atoms with E-state index >= 15 is 0 Å². The summed E-state index contributed by atoms with van der Waals surface area (Å²) < 4.78 is 32.1. The van der Waals surface area contributed by atoms with Crippen LogP contribution in [0.25, 0.3) is 0 Å². The van der Waals surface area contributed by atoms with Crippen LogP contribution < -0.4 is 9.46 Å². The Kier molecular flexibility index (Phi) is 3.59. The summed E-state index contributed by atoms with van der Waals surface area (Å²) in [6.07, 6.45) is 0.843. The van der Waals surface area contributed by atoms with E-state index in [1.165, 1.54) is 19.2 Å². The molecule has 0 saturated heterocycles. The van der Waals surface area contributed by atoms with Gasteiger partial charge < -0.3 is 9.84 Å². The lowest BCUT2D eigenvalue weighted by molar-refractivity contribution is 0.273. The minimum Gasteiger partial charge on any atom is -0.496 e. The highest BCUT2D eigenvalue weighted by atomic mass is 32.2. The van der Waals surface area contributed by atoms with E-state index in [-0.39, 0.29) is 23.0 Å². The van der Waals surface area contributed by atoms with E-state index < -0.39 is 10.0 Å². The van der Waals surface area contributed by atoms with Crippen LogP contribution in [0, 0.1) is 5.41 Å². The Bertz CT molecular complexity index is 580. The quantitative estimate of drug-likeness (QED) is 0.854. The molecule has 0 aliphatic heterocycles. The smallest absolute Gasteiger partial charge is 0.240 e. The van der Waals surface area contributed by atoms with Crippen molar-refractivity contribution < 1.29 is 18.3 Å². The lowest BCUT2D eigenvalue weighted by Gasteiger charge is -2.11. The van der Waals surface area contributed by atoms with Crippen LogP contribution in [0.1, 0.15) is 25.8 Å². The summed E-state index contributed by atoms with van der Waals surface area (Å²) in [5.74, 6) is 0.480. The van der Waals surface area contributed by atoms with E-state index in [4.69, 9.17) is 4.74 Å². The molecule has 1 aromatic rings.